The van der Waals surface area contributed by atoms with Crippen molar-refractivity contribution in [3.63, 3.8) is 0 Å². The summed E-state index contributed by atoms with van der Waals surface area (Å²) >= 11 is 0. The fraction of sp³-hybridized carbons (Fsp3) is 0.350. The Labute approximate surface area is 148 Å². The Hall–Kier alpha value is -2.53. The average Bonchev–Trinajstić information content (AvgIpc) is 3.17. The van der Waals surface area contributed by atoms with Crippen molar-refractivity contribution in [1.29, 1.82) is 0 Å². The quantitative estimate of drug-likeness (QED) is 0.686. The lowest BCUT2D eigenvalue weighted by Gasteiger charge is -2.12. The molecule has 5 nitrogen and oxygen atoms in total. The largest absolute Gasteiger partial charge is 0.463 e. The van der Waals surface area contributed by atoms with E-state index in [9.17, 15) is 4.79 Å². The van der Waals surface area contributed by atoms with Crippen LogP contribution < -0.4 is 5.32 Å². The molecule has 0 spiro atoms. The fourth-order valence-corrected chi connectivity index (χ4v) is 2.98. The second-order valence-electron chi connectivity index (χ2n) is 6.50. The number of carbonyl (C=O) groups is 1. The first-order valence-corrected chi connectivity index (χ1v) is 8.69. The number of aryl methyl sites for hydroxylation is 2. The van der Waals surface area contributed by atoms with Gasteiger partial charge in [0, 0.05) is 31.8 Å². The molecule has 0 unspecified atom stereocenters. The van der Waals surface area contributed by atoms with E-state index in [-0.39, 0.29) is 5.91 Å². The maximum atomic E-state index is 12.6. The van der Waals surface area contributed by atoms with Gasteiger partial charge in [0.15, 0.2) is 5.58 Å². The zero-order valence-electron chi connectivity index (χ0n) is 14.9. The molecule has 0 aliphatic rings. The van der Waals surface area contributed by atoms with E-state index in [1.54, 1.807) is 6.26 Å². The molecule has 3 rings (SSSR count). The summed E-state index contributed by atoms with van der Waals surface area (Å²) in [5.74, 6) is -0.0482. The number of nitrogens with zero attached hydrogens (tertiary/aromatic N) is 2. The van der Waals surface area contributed by atoms with Gasteiger partial charge in [0.2, 0.25) is 0 Å². The van der Waals surface area contributed by atoms with Crippen LogP contribution in [-0.2, 0) is 13.0 Å². The highest BCUT2D eigenvalue weighted by Gasteiger charge is 2.17. The minimum atomic E-state index is -0.0482. The number of aromatic nitrogens is 1. The normalized spacial score (nSPS) is 11.3. The molecule has 132 valence electrons. The van der Waals surface area contributed by atoms with Crippen LogP contribution in [0.25, 0.3) is 11.1 Å². The van der Waals surface area contributed by atoms with Crippen LogP contribution in [-0.4, -0.2) is 42.6 Å². The van der Waals surface area contributed by atoms with Gasteiger partial charge in [-0.3, -0.25) is 4.79 Å². The van der Waals surface area contributed by atoms with Crippen LogP contribution in [0.15, 0.2) is 53.1 Å². The third-order valence-electron chi connectivity index (χ3n) is 4.29. The van der Waals surface area contributed by atoms with Crippen molar-refractivity contribution >= 4 is 17.0 Å². The van der Waals surface area contributed by atoms with Crippen LogP contribution >= 0.6 is 0 Å². The van der Waals surface area contributed by atoms with E-state index in [2.05, 4.69) is 34.1 Å². The molecule has 0 radical (unpaired) electrons. The third kappa shape index (κ3) is 4.31. The minimum Gasteiger partial charge on any atom is -0.463 e. The van der Waals surface area contributed by atoms with Crippen LogP contribution in [0.3, 0.4) is 0 Å². The molecule has 0 aliphatic carbocycles. The van der Waals surface area contributed by atoms with Crippen molar-refractivity contribution in [2.24, 2.45) is 0 Å². The number of likely N-dealkylation sites (N-methyl/N-ethyl adjacent to an activating group) is 1. The van der Waals surface area contributed by atoms with Gasteiger partial charge in [0.25, 0.3) is 5.91 Å². The molecule has 0 aliphatic heterocycles. The smallest absolute Gasteiger partial charge is 0.268 e. The third-order valence-corrected chi connectivity index (χ3v) is 4.29. The highest BCUT2D eigenvalue weighted by Crippen LogP contribution is 2.22. The molecule has 1 N–H and O–H groups in total. The monoisotopic (exact) mass is 339 g/mol. The van der Waals surface area contributed by atoms with E-state index in [4.69, 9.17) is 4.42 Å². The standard InChI is InChI=1S/C20H25N3O2/c1-22(2)13-11-21-20(24)18-15-19-17(10-14-25-19)23(18)12-6-9-16-7-4-3-5-8-16/h3-5,7-8,10,14-15H,6,9,11-13H2,1-2H3,(H,21,24). The molecule has 0 fully saturated rings. The highest BCUT2D eigenvalue weighted by atomic mass is 16.3. The van der Waals surface area contributed by atoms with Gasteiger partial charge in [-0.25, -0.2) is 0 Å². The summed E-state index contributed by atoms with van der Waals surface area (Å²) < 4.78 is 7.55. The molecule has 1 amide bonds. The Morgan fingerprint density at radius 1 is 1.20 bits per heavy atom. The van der Waals surface area contributed by atoms with E-state index in [1.807, 2.05) is 37.2 Å². The van der Waals surface area contributed by atoms with Crippen LogP contribution in [0.5, 0.6) is 0 Å². The van der Waals surface area contributed by atoms with Crippen molar-refractivity contribution in [1.82, 2.24) is 14.8 Å². The maximum absolute atomic E-state index is 12.6. The molecule has 0 atom stereocenters. The molecule has 0 bridgehead atoms. The molecule has 1 aromatic carbocycles. The number of hydrogen-bond acceptors (Lipinski definition) is 3. The summed E-state index contributed by atoms with van der Waals surface area (Å²) in [5.41, 5.74) is 3.72. The van der Waals surface area contributed by atoms with Gasteiger partial charge >= 0.3 is 0 Å². The van der Waals surface area contributed by atoms with E-state index in [0.29, 0.717) is 12.2 Å². The summed E-state index contributed by atoms with van der Waals surface area (Å²) in [6.07, 6.45) is 3.63. The SMILES string of the molecule is CN(C)CCNC(=O)c1cc2occc2n1CCCc1ccccc1. The zero-order chi connectivity index (χ0) is 17.6. The Morgan fingerprint density at radius 2 is 2.00 bits per heavy atom. The topological polar surface area (TPSA) is 50.4 Å². The number of benzene rings is 1. The maximum Gasteiger partial charge on any atom is 0.268 e. The van der Waals surface area contributed by atoms with Crippen LogP contribution in [0, 0.1) is 0 Å². The first-order chi connectivity index (χ1) is 12.1. The first-order valence-electron chi connectivity index (χ1n) is 8.69. The molecule has 2 heterocycles. The predicted octanol–water partition coefficient (Wildman–Crippen LogP) is 3.16. The Kier molecular flexibility index (Phi) is 5.56. The summed E-state index contributed by atoms with van der Waals surface area (Å²) in [6, 6.07) is 14.2. The summed E-state index contributed by atoms with van der Waals surface area (Å²) in [4.78, 5) is 14.6. The number of nitrogens with one attached hydrogen (secondary N) is 1. The first kappa shape index (κ1) is 17.3. The lowest BCUT2D eigenvalue weighted by molar-refractivity contribution is 0.0942. The number of rotatable bonds is 8. The zero-order valence-corrected chi connectivity index (χ0v) is 14.9. The Bertz CT molecular complexity index is 818. The van der Waals surface area contributed by atoms with Gasteiger partial charge in [-0.05, 0) is 32.5 Å². The molecule has 25 heavy (non-hydrogen) atoms. The highest BCUT2D eigenvalue weighted by molar-refractivity contribution is 5.97. The van der Waals surface area contributed by atoms with E-state index >= 15 is 0 Å². The van der Waals surface area contributed by atoms with Crippen molar-refractivity contribution < 1.29 is 9.21 Å². The number of hydrogen-bond donors (Lipinski definition) is 1. The minimum absolute atomic E-state index is 0.0482. The fourth-order valence-electron chi connectivity index (χ4n) is 2.98. The second-order valence-corrected chi connectivity index (χ2v) is 6.50. The molecular weight excluding hydrogens is 314 g/mol. The van der Waals surface area contributed by atoms with Gasteiger partial charge in [0.05, 0.1) is 11.8 Å². The molecule has 2 aromatic heterocycles. The van der Waals surface area contributed by atoms with Crippen LogP contribution in [0.2, 0.25) is 0 Å². The lowest BCUT2D eigenvalue weighted by Crippen LogP contribution is -2.32. The van der Waals surface area contributed by atoms with Crippen molar-refractivity contribution in [3.8, 4) is 0 Å². The molecule has 5 heteroatoms. The second kappa shape index (κ2) is 8.03. The van der Waals surface area contributed by atoms with Crippen molar-refractivity contribution in [3.05, 3.63) is 60.0 Å². The van der Waals surface area contributed by atoms with Gasteiger partial charge < -0.3 is 19.2 Å². The Balaban J connectivity index is 1.69. The predicted molar refractivity (Wildman–Crippen MR) is 99.9 cm³/mol. The number of furan rings is 1. The van der Waals surface area contributed by atoms with Gasteiger partial charge in [-0.2, -0.15) is 0 Å². The van der Waals surface area contributed by atoms with Crippen molar-refractivity contribution in [2.75, 3.05) is 27.2 Å². The Morgan fingerprint density at radius 3 is 2.76 bits per heavy atom. The van der Waals surface area contributed by atoms with Gasteiger partial charge in [-0.1, -0.05) is 30.3 Å². The summed E-state index contributed by atoms with van der Waals surface area (Å²) in [6.45, 7) is 2.23. The summed E-state index contributed by atoms with van der Waals surface area (Å²) in [5, 5.41) is 2.99. The molecule has 3 aromatic rings. The lowest BCUT2D eigenvalue weighted by atomic mass is 10.1. The van der Waals surface area contributed by atoms with E-state index < -0.39 is 0 Å². The molecule has 0 saturated heterocycles. The number of carbonyl (C=O) groups excluding carboxylic acids is 1. The van der Waals surface area contributed by atoms with E-state index in [1.165, 1.54) is 5.56 Å². The summed E-state index contributed by atoms with van der Waals surface area (Å²) in [7, 11) is 3.98. The average molecular weight is 339 g/mol. The van der Waals surface area contributed by atoms with Crippen LogP contribution in [0.4, 0.5) is 0 Å². The number of amides is 1. The van der Waals surface area contributed by atoms with E-state index in [0.717, 1.165) is 37.0 Å². The molecule has 0 saturated carbocycles. The van der Waals surface area contributed by atoms with Gasteiger partial charge in [-0.15, -0.1) is 0 Å². The van der Waals surface area contributed by atoms with Crippen LogP contribution in [0.1, 0.15) is 22.5 Å². The van der Waals surface area contributed by atoms with Gasteiger partial charge in [0.1, 0.15) is 5.69 Å². The molecular formula is C20H25N3O2. The number of fused-ring (bicyclic) bond motifs is 1. The van der Waals surface area contributed by atoms with Crippen molar-refractivity contribution in [2.45, 2.75) is 19.4 Å².